The molecule has 0 aliphatic heterocycles. The second-order valence-electron chi connectivity index (χ2n) is 6.33. The third kappa shape index (κ3) is 3.24. The molecule has 2 N–H and O–H groups in total. The van der Waals surface area contributed by atoms with Gasteiger partial charge in [0.1, 0.15) is 17.0 Å². The van der Waals surface area contributed by atoms with Gasteiger partial charge < -0.3 is 10.3 Å². The number of hydrogen-bond acceptors (Lipinski definition) is 6. The van der Waals surface area contributed by atoms with Crippen LogP contribution in [0.1, 0.15) is 5.56 Å². The molecule has 4 aromatic heterocycles. The van der Waals surface area contributed by atoms with Crippen LogP contribution in [0.4, 0.5) is 5.82 Å². The van der Waals surface area contributed by atoms with Crippen LogP contribution < -0.4 is 5.32 Å². The summed E-state index contributed by atoms with van der Waals surface area (Å²) < 4.78 is 0. The molecule has 1 aromatic carbocycles. The quantitative estimate of drug-likeness (QED) is 0.401. The number of H-pyrrole nitrogens is 1. The number of aromatic nitrogens is 6. The third-order valence-corrected chi connectivity index (χ3v) is 5.17. The smallest absolute Gasteiger partial charge is 0.182 e. The number of imidazole rings is 1. The molecular formula is C20H13Cl2N7. The number of nitrogens with zero attached hydrogens (tertiary/aromatic N) is 5. The maximum atomic E-state index is 6.38. The van der Waals surface area contributed by atoms with Gasteiger partial charge in [-0.05, 0) is 29.8 Å². The molecular weight excluding hydrogens is 409 g/mol. The summed E-state index contributed by atoms with van der Waals surface area (Å²) in [6.45, 7) is 0.459. The number of rotatable bonds is 4. The van der Waals surface area contributed by atoms with Crippen LogP contribution in [-0.2, 0) is 6.54 Å². The summed E-state index contributed by atoms with van der Waals surface area (Å²) in [6.07, 6.45) is 4.71. The van der Waals surface area contributed by atoms with E-state index in [1.165, 1.54) is 6.33 Å². The van der Waals surface area contributed by atoms with Gasteiger partial charge in [0.15, 0.2) is 11.5 Å². The van der Waals surface area contributed by atoms with Crippen molar-refractivity contribution in [3.8, 4) is 11.3 Å². The first-order valence-electron chi connectivity index (χ1n) is 8.77. The number of para-hydroxylation sites is 1. The van der Waals surface area contributed by atoms with Gasteiger partial charge in [-0.3, -0.25) is 0 Å². The summed E-state index contributed by atoms with van der Waals surface area (Å²) in [5.74, 6) is 0.655. The Morgan fingerprint density at radius 2 is 1.93 bits per heavy atom. The second-order valence-corrected chi connectivity index (χ2v) is 7.09. The lowest BCUT2D eigenvalue weighted by Gasteiger charge is -2.14. The molecule has 0 saturated carbocycles. The van der Waals surface area contributed by atoms with E-state index in [1.54, 1.807) is 12.5 Å². The van der Waals surface area contributed by atoms with E-state index in [-0.39, 0.29) is 0 Å². The largest absolute Gasteiger partial charge is 0.364 e. The van der Waals surface area contributed by atoms with Crippen molar-refractivity contribution < 1.29 is 0 Å². The zero-order valence-electron chi connectivity index (χ0n) is 14.9. The molecule has 5 rings (SSSR count). The van der Waals surface area contributed by atoms with E-state index in [0.29, 0.717) is 39.4 Å². The molecule has 0 spiro atoms. The lowest BCUT2D eigenvalue weighted by atomic mass is 10.0. The van der Waals surface area contributed by atoms with Crippen molar-refractivity contribution in [2.75, 3.05) is 5.32 Å². The summed E-state index contributed by atoms with van der Waals surface area (Å²) in [6, 6.07) is 11.5. The second kappa shape index (κ2) is 7.27. The van der Waals surface area contributed by atoms with Crippen molar-refractivity contribution >= 4 is 51.1 Å². The van der Waals surface area contributed by atoms with Crippen molar-refractivity contribution in [2.24, 2.45) is 0 Å². The number of aromatic amines is 1. The first kappa shape index (κ1) is 17.8. The highest BCUT2D eigenvalue weighted by Gasteiger charge is 2.15. The monoisotopic (exact) mass is 421 g/mol. The van der Waals surface area contributed by atoms with E-state index in [0.717, 1.165) is 22.0 Å². The van der Waals surface area contributed by atoms with Gasteiger partial charge in [0.05, 0.1) is 22.6 Å². The molecule has 0 saturated heterocycles. The third-order valence-electron chi connectivity index (χ3n) is 4.56. The number of halogens is 2. The van der Waals surface area contributed by atoms with Crippen LogP contribution in [0.2, 0.25) is 10.2 Å². The lowest BCUT2D eigenvalue weighted by molar-refractivity contribution is 1.09. The van der Waals surface area contributed by atoms with Crippen LogP contribution in [-0.4, -0.2) is 29.9 Å². The zero-order valence-corrected chi connectivity index (χ0v) is 16.4. The Labute approximate surface area is 175 Å². The molecule has 0 radical (unpaired) electrons. The van der Waals surface area contributed by atoms with Crippen LogP contribution in [0, 0.1) is 0 Å². The van der Waals surface area contributed by atoms with Crippen molar-refractivity contribution in [2.45, 2.75) is 6.54 Å². The Morgan fingerprint density at radius 3 is 2.83 bits per heavy atom. The van der Waals surface area contributed by atoms with E-state index < -0.39 is 0 Å². The average Bonchev–Trinajstić information content (AvgIpc) is 3.22. The molecule has 0 atom stereocenters. The van der Waals surface area contributed by atoms with Crippen molar-refractivity contribution in [3.63, 3.8) is 0 Å². The highest BCUT2D eigenvalue weighted by atomic mass is 35.5. The molecule has 4 heterocycles. The summed E-state index contributed by atoms with van der Waals surface area (Å²) in [4.78, 5) is 24.7. The van der Waals surface area contributed by atoms with Crippen molar-refractivity contribution in [1.82, 2.24) is 29.9 Å². The highest BCUT2D eigenvalue weighted by Crippen LogP contribution is 2.32. The van der Waals surface area contributed by atoms with Gasteiger partial charge in [0.25, 0.3) is 0 Å². The van der Waals surface area contributed by atoms with Crippen LogP contribution in [0.25, 0.3) is 33.3 Å². The molecule has 0 aliphatic carbocycles. The predicted octanol–water partition coefficient (Wildman–Crippen LogP) is 4.88. The van der Waals surface area contributed by atoms with Crippen LogP contribution in [0.3, 0.4) is 0 Å². The minimum Gasteiger partial charge on any atom is -0.364 e. The Kier molecular flexibility index (Phi) is 4.46. The Bertz CT molecular complexity index is 1350. The van der Waals surface area contributed by atoms with Gasteiger partial charge in [-0.25, -0.2) is 24.9 Å². The number of hydrogen-bond donors (Lipinski definition) is 2. The maximum Gasteiger partial charge on any atom is 0.182 e. The number of anilines is 1. The lowest BCUT2D eigenvalue weighted by Crippen LogP contribution is -2.06. The number of benzene rings is 1. The number of fused-ring (bicyclic) bond motifs is 2. The van der Waals surface area contributed by atoms with Crippen LogP contribution in [0.5, 0.6) is 0 Å². The molecule has 7 nitrogen and oxygen atoms in total. The predicted molar refractivity (Wildman–Crippen MR) is 114 cm³/mol. The average molecular weight is 422 g/mol. The molecule has 0 bridgehead atoms. The summed E-state index contributed by atoms with van der Waals surface area (Å²) in [5, 5.41) is 5.24. The van der Waals surface area contributed by atoms with E-state index in [2.05, 4.69) is 30.2 Å². The van der Waals surface area contributed by atoms with Gasteiger partial charge in [-0.15, -0.1) is 0 Å². The summed E-state index contributed by atoms with van der Waals surface area (Å²) in [5.41, 5.74) is 4.44. The fourth-order valence-corrected chi connectivity index (χ4v) is 3.65. The Balaban J connectivity index is 1.63. The maximum absolute atomic E-state index is 6.38. The van der Waals surface area contributed by atoms with Gasteiger partial charge >= 0.3 is 0 Å². The Morgan fingerprint density at radius 1 is 1.00 bits per heavy atom. The van der Waals surface area contributed by atoms with Crippen LogP contribution in [0.15, 0.2) is 55.2 Å². The standard InChI is InChI=1S/C20H13Cl2N7/c21-14-5-1-3-11-7-12(8-24-19-17-20(26-9-25-17)28-10-27-19)15(29-16(11)14)13-4-2-6-23-18(13)22/h1-7,9-10H,8H2,(H2,24,25,26,27,28). The topological polar surface area (TPSA) is 92.3 Å². The van der Waals surface area contributed by atoms with Crippen molar-refractivity contribution in [3.05, 3.63) is 71.0 Å². The van der Waals surface area contributed by atoms with Gasteiger partial charge in [0, 0.05) is 23.7 Å². The fourth-order valence-electron chi connectivity index (χ4n) is 3.21. The highest BCUT2D eigenvalue weighted by molar-refractivity contribution is 6.35. The molecule has 29 heavy (non-hydrogen) atoms. The minimum atomic E-state index is 0.380. The normalized spacial score (nSPS) is 11.2. The Hall–Kier alpha value is -3.29. The number of pyridine rings is 2. The van der Waals surface area contributed by atoms with Crippen molar-refractivity contribution in [1.29, 1.82) is 0 Å². The van der Waals surface area contributed by atoms with Gasteiger partial charge in [0.2, 0.25) is 0 Å². The molecule has 9 heteroatoms. The zero-order chi connectivity index (χ0) is 19.8. The molecule has 0 aliphatic rings. The first-order chi connectivity index (χ1) is 14.2. The van der Waals surface area contributed by atoms with E-state index >= 15 is 0 Å². The minimum absolute atomic E-state index is 0.380. The first-order valence-corrected chi connectivity index (χ1v) is 9.53. The van der Waals surface area contributed by atoms with E-state index in [1.807, 2.05) is 36.4 Å². The van der Waals surface area contributed by atoms with E-state index in [9.17, 15) is 0 Å². The van der Waals surface area contributed by atoms with Gasteiger partial charge in [-0.1, -0.05) is 35.3 Å². The molecule has 5 aromatic rings. The SMILES string of the molecule is Clc1ncccc1-c1nc2c(Cl)cccc2cc1CNc1ncnc2nc[nH]c12. The summed E-state index contributed by atoms with van der Waals surface area (Å²) >= 11 is 12.7. The molecule has 0 amide bonds. The van der Waals surface area contributed by atoms with Crippen LogP contribution >= 0.6 is 23.2 Å². The molecule has 0 fully saturated rings. The van der Waals surface area contributed by atoms with E-state index in [4.69, 9.17) is 28.2 Å². The molecule has 0 unspecified atom stereocenters. The molecule has 142 valence electrons. The number of nitrogens with one attached hydrogen (secondary N) is 2. The van der Waals surface area contributed by atoms with Gasteiger partial charge in [-0.2, -0.15) is 0 Å². The summed E-state index contributed by atoms with van der Waals surface area (Å²) in [7, 11) is 0. The fraction of sp³-hybridized carbons (Fsp3) is 0.0500.